The molecule has 3 nitrogen and oxygen atoms in total. The van der Waals surface area contributed by atoms with Gasteiger partial charge in [-0.1, -0.05) is 45.2 Å². The van der Waals surface area contributed by atoms with E-state index < -0.39 is 0 Å². The number of rotatable bonds is 8. The Bertz CT molecular complexity index is 385. The smallest absolute Gasteiger partial charge is 0.137 e. The molecule has 0 spiro atoms. The zero-order valence-corrected chi connectivity index (χ0v) is 13.4. The summed E-state index contributed by atoms with van der Waals surface area (Å²) in [6.07, 6.45) is 5.59. The van der Waals surface area contributed by atoms with Gasteiger partial charge in [0.15, 0.2) is 0 Å². The topological polar surface area (TPSA) is 29.0 Å². The van der Waals surface area contributed by atoms with Crippen LogP contribution in [0.1, 0.15) is 57.8 Å². The minimum absolute atomic E-state index is 0.597. The summed E-state index contributed by atoms with van der Waals surface area (Å²) in [5, 5.41) is 0.597. The number of hydrogen-bond acceptors (Lipinski definition) is 3. The van der Waals surface area contributed by atoms with Crippen molar-refractivity contribution < 1.29 is 0 Å². The molecule has 108 valence electrons. The van der Waals surface area contributed by atoms with Gasteiger partial charge in [0.2, 0.25) is 0 Å². The average Bonchev–Trinajstić information content (AvgIpc) is 2.42. The van der Waals surface area contributed by atoms with Crippen LogP contribution in [-0.4, -0.2) is 23.1 Å². The van der Waals surface area contributed by atoms with Crippen LogP contribution >= 0.6 is 11.6 Å². The highest BCUT2D eigenvalue weighted by molar-refractivity contribution is 6.30. The quantitative estimate of drug-likeness (QED) is 0.662. The lowest BCUT2D eigenvalue weighted by atomic mass is 10.2. The van der Waals surface area contributed by atoms with E-state index in [0.717, 1.165) is 36.7 Å². The van der Waals surface area contributed by atoms with Crippen LogP contribution in [0.3, 0.4) is 0 Å². The predicted molar refractivity (Wildman–Crippen MR) is 83.2 cm³/mol. The van der Waals surface area contributed by atoms with Crippen molar-refractivity contribution in [1.82, 2.24) is 9.97 Å². The highest BCUT2D eigenvalue weighted by Crippen LogP contribution is 2.24. The fourth-order valence-electron chi connectivity index (χ4n) is 2.01. The van der Waals surface area contributed by atoms with Crippen LogP contribution in [0.25, 0.3) is 0 Å². The number of aromatic nitrogens is 2. The first-order chi connectivity index (χ1) is 9.13. The molecule has 0 aromatic carbocycles. The van der Waals surface area contributed by atoms with Crippen LogP contribution in [0.2, 0.25) is 5.15 Å². The molecule has 1 aromatic heterocycles. The first-order valence-electron chi connectivity index (χ1n) is 7.41. The van der Waals surface area contributed by atoms with Crippen molar-refractivity contribution in [3.05, 3.63) is 16.5 Å². The van der Waals surface area contributed by atoms with Gasteiger partial charge >= 0.3 is 0 Å². The summed E-state index contributed by atoms with van der Waals surface area (Å²) < 4.78 is 0. The maximum Gasteiger partial charge on any atom is 0.137 e. The molecule has 0 radical (unpaired) electrons. The van der Waals surface area contributed by atoms with Gasteiger partial charge in [0.1, 0.15) is 16.8 Å². The molecule has 0 saturated heterocycles. The number of nitrogens with zero attached hydrogens (tertiary/aromatic N) is 3. The third kappa shape index (κ3) is 4.64. The third-order valence-electron chi connectivity index (χ3n) is 3.29. The Morgan fingerprint density at radius 1 is 1.00 bits per heavy atom. The summed E-state index contributed by atoms with van der Waals surface area (Å²) in [4.78, 5) is 11.4. The van der Waals surface area contributed by atoms with Crippen molar-refractivity contribution in [2.24, 2.45) is 0 Å². The number of aryl methyl sites for hydroxylation is 1. The summed E-state index contributed by atoms with van der Waals surface area (Å²) in [5.41, 5.74) is 1.01. The van der Waals surface area contributed by atoms with Gasteiger partial charge in [0, 0.05) is 25.1 Å². The molecular formula is C15H26ClN3. The Kier molecular flexibility index (Phi) is 7.14. The first-order valence-corrected chi connectivity index (χ1v) is 7.79. The number of anilines is 1. The maximum absolute atomic E-state index is 6.23. The van der Waals surface area contributed by atoms with Crippen LogP contribution in [0.5, 0.6) is 0 Å². The van der Waals surface area contributed by atoms with Gasteiger partial charge in [-0.15, -0.1) is 0 Å². The summed E-state index contributed by atoms with van der Waals surface area (Å²) in [5.74, 6) is 1.86. The minimum Gasteiger partial charge on any atom is -0.356 e. The van der Waals surface area contributed by atoms with Gasteiger partial charge in [-0.2, -0.15) is 0 Å². The highest BCUT2D eigenvalue weighted by atomic mass is 35.5. The molecule has 1 heterocycles. The molecule has 0 aliphatic heterocycles. The van der Waals surface area contributed by atoms with E-state index in [0.29, 0.717) is 5.15 Å². The molecule has 0 atom stereocenters. The molecule has 0 bridgehead atoms. The SMILES string of the molecule is CCCCN(CCCC)c1nc(CC)nc(Cl)c1C. The fraction of sp³-hybridized carbons (Fsp3) is 0.733. The van der Waals surface area contributed by atoms with Gasteiger partial charge in [-0.25, -0.2) is 9.97 Å². The van der Waals surface area contributed by atoms with Crippen LogP contribution in [0.4, 0.5) is 5.82 Å². The van der Waals surface area contributed by atoms with Gasteiger partial charge in [-0.3, -0.25) is 0 Å². The van der Waals surface area contributed by atoms with Gasteiger partial charge in [-0.05, 0) is 19.8 Å². The van der Waals surface area contributed by atoms with Crippen molar-refractivity contribution in [3.8, 4) is 0 Å². The van der Waals surface area contributed by atoms with E-state index in [1.807, 2.05) is 6.92 Å². The van der Waals surface area contributed by atoms with E-state index >= 15 is 0 Å². The van der Waals surface area contributed by atoms with Crippen molar-refractivity contribution in [2.45, 2.75) is 59.8 Å². The Morgan fingerprint density at radius 3 is 2.05 bits per heavy atom. The Hall–Kier alpha value is -0.830. The molecule has 19 heavy (non-hydrogen) atoms. The van der Waals surface area contributed by atoms with Crippen molar-refractivity contribution >= 4 is 17.4 Å². The maximum atomic E-state index is 6.23. The lowest BCUT2D eigenvalue weighted by Gasteiger charge is -2.25. The lowest BCUT2D eigenvalue weighted by molar-refractivity contribution is 0.666. The number of halogens is 1. The number of hydrogen-bond donors (Lipinski definition) is 0. The molecule has 4 heteroatoms. The Morgan fingerprint density at radius 2 is 1.58 bits per heavy atom. The largest absolute Gasteiger partial charge is 0.356 e. The lowest BCUT2D eigenvalue weighted by Crippen LogP contribution is -2.28. The molecule has 1 aromatic rings. The molecule has 0 fully saturated rings. The zero-order chi connectivity index (χ0) is 14.3. The third-order valence-corrected chi connectivity index (χ3v) is 3.65. The second-order valence-corrected chi connectivity index (χ2v) is 5.28. The van der Waals surface area contributed by atoms with E-state index in [-0.39, 0.29) is 0 Å². The zero-order valence-electron chi connectivity index (χ0n) is 12.7. The number of unbranched alkanes of at least 4 members (excludes halogenated alkanes) is 2. The van der Waals surface area contributed by atoms with Crippen molar-refractivity contribution in [3.63, 3.8) is 0 Å². The monoisotopic (exact) mass is 283 g/mol. The van der Waals surface area contributed by atoms with Crippen LogP contribution in [-0.2, 0) is 6.42 Å². The van der Waals surface area contributed by atoms with E-state index in [2.05, 4.69) is 35.6 Å². The van der Waals surface area contributed by atoms with Crippen molar-refractivity contribution in [2.75, 3.05) is 18.0 Å². The van der Waals surface area contributed by atoms with Crippen molar-refractivity contribution in [1.29, 1.82) is 0 Å². The Balaban J connectivity index is 3.01. The summed E-state index contributed by atoms with van der Waals surface area (Å²) >= 11 is 6.23. The minimum atomic E-state index is 0.597. The molecule has 0 aliphatic carbocycles. The molecule has 1 rings (SSSR count). The van der Waals surface area contributed by atoms with Gasteiger partial charge in [0.25, 0.3) is 0 Å². The van der Waals surface area contributed by atoms with Crippen LogP contribution in [0, 0.1) is 6.92 Å². The summed E-state index contributed by atoms with van der Waals surface area (Å²) in [6.45, 7) is 10.6. The fourth-order valence-corrected chi connectivity index (χ4v) is 2.19. The molecule has 0 saturated carbocycles. The normalized spacial score (nSPS) is 10.8. The summed E-state index contributed by atoms with van der Waals surface area (Å²) in [6, 6.07) is 0. The van der Waals surface area contributed by atoms with E-state index in [4.69, 9.17) is 11.6 Å². The average molecular weight is 284 g/mol. The van der Waals surface area contributed by atoms with E-state index in [1.54, 1.807) is 0 Å². The van der Waals surface area contributed by atoms with Gasteiger partial charge in [0.05, 0.1) is 0 Å². The molecule has 0 aliphatic rings. The molecule has 0 unspecified atom stereocenters. The first kappa shape index (κ1) is 16.2. The predicted octanol–water partition coefficient (Wildman–Crippen LogP) is 4.41. The van der Waals surface area contributed by atoms with E-state index in [1.165, 1.54) is 25.7 Å². The summed E-state index contributed by atoms with van der Waals surface area (Å²) in [7, 11) is 0. The van der Waals surface area contributed by atoms with Crippen LogP contribution in [0.15, 0.2) is 0 Å². The molecule has 0 amide bonds. The highest BCUT2D eigenvalue weighted by Gasteiger charge is 2.14. The van der Waals surface area contributed by atoms with E-state index in [9.17, 15) is 0 Å². The Labute approximate surface area is 122 Å². The standard InChI is InChI=1S/C15H26ClN3/c1-5-8-10-19(11-9-6-2)15-12(4)14(16)17-13(7-3)18-15/h5-11H2,1-4H3. The second kappa shape index (κ2) is 8.36. The molecular weight excluding hydrogens is 258 g/mol. The second-order valence-electron chi connectivity index (χ2n) is 4.93. The molecule has 0 N–H and O–H groups in total. The van der Waals surface area contributed by atoms with Crippen LogP contribution < -0.4 is 4.90 Å². The van der Waals surface area contributed by atoms with Gasteiger partial charge < -0.3 is 4.90 Å².